The maximum atomic E-state index is 12.6. The van der Waals surface area contributed by atoms with Gasteiger partial charge in [0, 0.05) is 47.9 Å². The first-order chi connectivity index (χ1) is 12.9. The van der Waals surface area contributed by atoms with E-state index < -0.39 is 10.0 Å². The Balaban J connectivity index is 1.71. The normalized spacial score (nSPS) is 15.9. The van der Waals surface area contributed by atoms with Gasteiger partial charge >= 0.3 is 0 Å². The quantitative estimate of drug-likeness (QED) is 0.722. The minimum Gasteiger partial charge on any atom is -0.379 e. The lowest BCUT2D eigenvalue weighted by molar-refractivity contribution is 0.0390. The van der Waals surface area contributed by atoms with Crippen LogP contribution in [0, 0.1) is 6.92 Å². The van der Waals surface area contributed by atoms with Crippen LogP contribution >= 0.6 is 11.3 Å². The number of morpholine rings is 1. The van der Waals surface area contributed by atoms with Crippen LogP contribution in [0.15, 0.2) is 27.2 Å². The van der Waals surface area contributed by atoms with E-state index >= 15 is 0 Å². The highest BCUT2D eigenvalue weighted by molar-refractivity contribution is 7.91. The minimum atomic E-state index is -3.55. The fourth-order valence-corrected chi connectivity index (χ4v) is 5.47. The average molecular weight is 412 g/mol. The summed E-state index contributed by atoms with van der Waals surface area (Å²) in [5, 5.41) is 0. The van der Waals surface area contributed by atoms with Crippen LogP contribution in [0.25, 0.3) is 10.4 Å². The molecule has 148 valence electrons. The first-order valence-corrected chi connectivity index (χ1v) is 11.3. The van der Waals surface area contributed by atoms with Crippen LogP contribution in [0.1, 0.15) is 18.2 Å². The van der Waals surface area contributed by atoms with E-state index in [0.717, 1.165) is 29.2 Å². The first-order valence-electron chi connectivity index (χ1n) is 9.03. The number of nitrogens with one attached hydrogen (secondary N) is 2. The van der Waals surface area contributed by atoms with E-state index in [2.05, 4.69) is 14.6 Å². The molecule has 0 saturated carbocycles. The van der Waals surface area contributed by atoms with Gasteiger partial charge in [-0.05, 0) is 31.5 Å². The number of aromatic amines is 1. The molecule has 0 spiro atoms. The summed E-state index contributed by atoms with van der Waals surface area (Å²) in [6.07, 6.45) is 0.627. The number of sulfonamides is 1. The number of aromatic nitrogens is 1. The van der Waals surface area contributed by atoms with E-state index in [0.29, 0.717) is 38.3 Å². The Bertz CT molecular complexity index is 944. The topological polar surface area (TPSA) is 91.5 Å². The summed E-state index contributed by atoms with van der Waals surface area (Å²) in [4.78, 5) is 17.8. The standard InChI is InChI=1S/C18H25N3O4S2/c1-3-14-12-15(13(2)20-18(14)22)16-4-5-17(26-16)27(23,24)19-6-7-21-8-10-25-11-9-21/h4-5,12,19H,3,6-11H2,1-2H3,(H,20,22). The number of thiophene rings is 1. The van der Waals surface area contributed by atoms with Crippen LogP contribution in [-0.4, -0.2) is 57.7 Å². The van der Waals surface area contributed by atoms with E-state index in [1.807, 2.05) is 19.9 Å². The predicted octanol–water partition coefficient (Wildman–Crippen LogP) is 1.58. The zero-order valence-electron chi connectivity index (χ0n) is 15.6. The molecule has 1 aliphatic heterocycles. The zero-order chi connectivity index (χ0) is 19.4. The molecule has 1 fully saturated rings. The minimum absolute atomic E-state index is 0.0899. The molecule has 9 heteroatoms. The van der Waals surface area contributed by atoms with Crippen molar-refractivity contribution in [2.45, 2.75) is 24.5 Å². The molecule has 0 unspecified atom stereocenters. The Morgan fingerprint density at radius 3 is 2.74 bits per heavy atom. The summed E-state index contributed by atoms with van der Waals surface area (Å²) in [7, 11) is -3.55. The molecule has 0 amide bonds. The lowest BCUT2D eigenvalue weighted by atomic mass is 10.1. The largest absolute Gasteiger partial charge is 0.379 e. The van der Waals surface area contributed by atoms with Gasteiger partial charge in [-0.15, -0.1) is 11.3 Å². The first kappa shape index (κ1) is 20.2. The predicted molar refractivity (Wildman–Crippen MR) is 107 cm³/mol. The molecular weight excluding hydrogens is 386 g/mol. The number of ether oxygens (including phenoxy) is 1. The Hall–Kier alpha value is -1.52. The third-order valence-electron chi connectivity index (χ3n) is 4.63. The summed E-state index contributed by atoms with van der Waals surface area (Å²) in [5.41, 5.74) is 2.21. The van der Waals surface area contributed by atoms with Crippen molar-refractivity contribution in [1.29, 1.82) is 0 Å². The second-order valence-corrected chi connectivity index (χ2v) is 9.56. The molecule has 0 radical (unpaired) electrons. The molecule has 2 N–H and O–H groups in total. The molecule has 2 aromatic rings. The summed E-state index contributed by atoms with van der Waals surface area (Å²) in [5.74, 6) is 0. The third kappa shape index (κ3) is 4.85. The lowest BCUT2D eigenvalue weighted by Crippen LogP contribution is -2.41. The number of H-pyrrole nitrogens is 1. The lowest BCUT2D eigenvalue weighted by Gasteiger charge is -2.26. The molecule has 0 aliphatic carbocycles. The van der Waals surface area contributed by atoms with Crippen molar-refractivity contribution >= 4 is 21.4 Å². The van der Waals surface area contributed by atoms with Gasteiger partial charge in [-0.1, -0.05) is 6.92 Å². The van der Waals surface area contributed by atoms with Crippen LogP contribution in [-0.2, 0) is 21.2 Å². The molecule has 1 aliphatic rings. The van der Waals surface area contributed by atoms with Gasteiger partial charge < -0.3 is 9.72 Å². The molecule has 1 saturated heterocycles. The van der Waals surface area contributed by atoms with Gasteiger partial charge in [-0.3, -0.25) is 9.69 Å². The summed E-state index contributed by atoms with van der Waals surface area (Å²) in [6.45, 7) is 7.83. The number of hydrogen-bond donors (Lipinski definition) is 2. The summed E-state index contributed by atoms with van der Waals surface area (Å²) < 4.78 is 33.4. The van der Waals surface area contributed by atoms with Gasteiger partial charge in [0.05, 0.1) is 13.2 Å². The van der Waals surface area contributed by atoms with E-state index in [-0.39, 0.29) is 9.77 Å². The molecular formula is C18H25N3O4S2. The Morgan fingerprint density at radius 2 is 2.04 bits per heavy atom. The highest BCUT2D eigenvalue weighted by atomic mass is 32.2. The van der Waals surface area contributed by atoms with Gasteiger partial charge in [0.2, 0.25) is 10.0 Å². The molecule has 3 heterocycles. The molecule has 0 aromatic carbocycles. The fraction of sp³-hybridized carbons (Fsp3) is 0.500. The van der Waals surface area contributed by atoms with Gasteiger partial charge in [-0.2, -0.15) is 0 Å². The van der Waals surface area contributed by atoms with Gasteiger partial charge in [-0.25, -0.2) is 13.1 Å². The fourth-order valence-electron chi connectivity index (χ4n) is 3.03. The zero-order valence-corrected chi connectivity index (χ0v) is 17.2. The van der Waals surface area contributed by atoms with Crippen molar-refractivity contribution < 1.29 is 13.2 Å². The Morgan fingerprint density at radius 1 is 1.30 bits per heavy atom. The average Bonchev–Trinajstić information content (AvgIpc) is 3.13. The molecule has 3 rings (SSSR count). The van der Waals surface area contributed by atoms with Crippen LogP contribution in [0.4, 0.5) is 0 Å². The van der Waals surface area contributed by atoms with Crippen LogP contribution in [0.2, 0.25) is 0 Å². The van der Waals surface area contributed by atoms with Crippen LogP contribution < -0.4 is 10.3 Å². The van der Waals surface area contributed by atoms with Crippen molar-refractivity contribution in [3.63, 3.8) is 0 Å². The van der Waals surface area contributed by atoms with Crippen molar-refractivity contribution in [3.8, 4) is 10.4 Å². The third-order valence-corrected chi connectivity index (χ3v) is 7.70. The number of aryl methyl sites for hydroxylation is 2. The maximum Gasteiger partial charge on any atom is 0.251 e. The SMILES string of the molecule is CCc1cc(-c2ccc(S(=O)(=O)NCCN3CCOCC3)s2)c(C)[nH]c1=O. The van der Waals surface area contributed by atoms with Crippen LogP contribution in [0.3, 0.4) is 0 Å². The summed E-state index contributed by atoms with van der Waals surface area (Å²) >= 11 is 1.21. The van der Waals surface area contributed by atoms with Crippen molar-refractivity contribution in [2.75, 3.05) is 39.4 Å². The number of nitrogens with zero attached hydrogens (tertiary/aromatic N) is 1. The maximum absolute atomic E-state index is 12.6. The molecule has 0 bridgehead atoms. The monoisotopic (exact) mass is 411 g/mol. The second kappa shape index (κ2) is 8.66. The molecule has 2 aromatic heterocycles. The van der Waals surface area contributed by atoms with E-state index in [1.54, 1.807) is 12.1 Å². The highest BCUT2D eigenvalue weighted by Crippen LogP contribution is 2.32. The smallest absolute Gasteiger partial charge is 0.251 e. The number of hydrogen-bond acceptors (Lipinski definition) is 6. The summed E-state index contributed by atoms with van der Waals surface area (Å²) in [6, 6.07) is 5.26. The van der Waals surface area contributed by atoms with Crippen molar-refractivity contribution in [3.05, 3.63) is 39.8 Å². The Kier molecular flexibility index (Phi) is 6.48. The van der Waals surface area contributed by atoms with Crippen molar-refractivity contribution in [1.82, 2.24) is 14.6 Å². The van der Waals surface area contributed by atoms with Gasteiger partial charge in [0.25, 0.3) is 5.56 Å². The van der Waals surface area contributed by atoms with E-state index in [4.69, 9.17) is 4.74 Å². The molecule has 7 nitrogen and oxygen atoms in total. The number of pyridine rings is 1. The van der Waals surface area contributed by atoms with E-state index in [1.165, 1.54) is 11.3 Å². The van der Waals surface area contributed by atoms with Gasteiger partial charge in [0.15, 0.2) is 0 Å². The van der Waals surface area contributed by atoms with Crippen LogP contribution in [0.5, 0.6) is 0 Å². The van der Waals surface area contributed by atoms with Crippen molar-refractivity contribution in [2.24, 2.45) is 0 Å². The number of rotatable bonds is 7. The highest BCUT2D eigenvalue weighted by Gasteiger charge is 2.19. The van der Waals surface area contributed by atoms with E-state index in [9.17, 15) is 13.2 Å². The molecule has 0 atom stereocenters. The Labute approximate surface area is 163 Å². The van der Waals surface area contributed by atoms with Gasteiger partial charge in [0.1, 0.15) is 4.21 Å². The molecule has 27 heavy (non-hydrogen) atoms. The second-order valence-electron chi connectivity index (χ2n) is 6.49.